The van der Waals surface area contributed by atoms with Crippen LogP contribution in [0.2, 0.25) is 5.02 Å². The van der Waals surface area contributed by atoms with Crippen molar-refractivity contribution in [3.05, 3.63) is 63.9 Å². The van der Waals surface area contributed by atoms with Gasteiger partial charge in [0.1, 0.15) is 5.75 Å². The molecule has 0 atom stereocenters. The predicted octanol–water partition coefficient (Wildman–Crippen LogP) is 4.54. The lowest BCUT2D eigenvalue weighted by molar-refractivity contribution is 0.340. The summed E-state index contributed by atoms with van der Waals surface area (Å²) < 4.78 is 7.49. The van der Waals surface area contributed by atoms with Crippen molar-refractivity contribution < 1.29 is 4.74 Å². The van der Waals surface area contributed by atoms with Gasteiger partial charge in [0.15, 0.2) is 5.82 Å². The maximum absolute atomic E-state index is 6.15. The Kier molecular flexibility index (Phi) is 5.08. The molecule has 0 bridgehead atoms. The van der Waals surface area contributed by atoms with Crippen molar-refractivity contribution in [2.45, 2.75) is 6.92 Å². The van der Waals surface area contributed by atoms with Gasteiger partial charge in [0, 0.05) is 16.1 Å². The highest BCUT2D eigenvalue weighted by atomic mass is 35.5. The van der Waals surface area contributed by atoms with Crippen molar-refractivity contribution >= 4 is 30.0 Å². The number of halogens is 1. The zero-order chi connectivity index (χ0) is 16.9. The largest absolute Gasteiger partial charge is 0.494 e. The predicted molar refractivity (Wildman–Crippen MR) is 98.5 cm³/mol. The summed E-state index contributed by atoms with van der Waals surface area (Å²) in [5.41, 5.74) is 1.65. The number of nitrogens with zero attached hydrogens (tertiary/aromatic N) is 3. The number of nitrogens with one attached hydrogen (secondary N) is 1. The molecule has 0 fully saturated rings. The van der Waals surface area contributed by atoms with Crippen LogP contribution in [0.3, 0.4) is 0 Å². The van der Waals surface area contributed by atoms with Crippen LogP contribution in [0.4, 0.5) is 0 Å². The van der Waals surface area contributed by atoms with Crippen LogP contribution in [0.25, 0.3) is 11.4 Å². The molecule has 3 aromatic rings. The number of ether oxygens (including phenoxy) is 1. The number of benzene rings is 2. The monoisotopic (exact) mass is 358 g/mol. The molecule has 1 aromatic heterocycles. The topological polar surface area (TPSA) is 55.2 Å². The Bertz CT molecular complexity index is 932. The standard InChI is InChI=1S/C17H15ClN4OS/c1-2-23-14-8-5-7-12(10-14)16-20-21-17(24)22(16)19-11-13-6-3-4-9-15(13)18/h3-11H,2H2,1H3,(H,21,24). The average molecular weight is 359 g/mol. The Balaban J connectivity index is 1.99. The van der Waals surface area contributed by atoms with E-state index in [-0.39, 0.29) is 0 Å². The fourth-order valence-corrected chi connectivity index (χ4v) is 2.54. The summed E-state index contributed by atoms with van der Waals surface area (Å²) in [5.74, 6) is 1.37. The summed E-state index contributed by atoms with van der Waals surface area (Å²) in [7, 11) is 0. The van der Waals surface area contributed by atoms with Crippen LogP contribution in [-0.4, -0.2) is 27.7 Å². The van der Waals surface area contributed by atoms with Gasteiger partial charge in [-0.3, -0.25) is 0 Å². The first-order valence-corrected chi connectivity index (χ1v) is 8.17. The Morgan fingerprint density at radius 2 is 2.12 bits per heavy atom. The fourth-order valence-electron chi connectivity index (χ4n) is 2.18. The Morgan fingerprint density at radius 3 is 2.92 bits per heavy atom. The molecule has 122 valence electrons. The first-order valence-electron chi connectivity index (χ1n) is 7.38. The molecular formula is C17H15ClN4OS. The van der Waals surface area contributed by atoms with Crippen molar-refractivity contribution in [3.63, 3.8) is 0 Å². The lowest BCUT2D eigenvalue weighted by Gasteiger charge is -2.05. The van der Waals surface area contributed by atoms with Crippen LogP contribution in [0.5, 0.6) is 5.75 Å². The number of hydrogen-bond acceptors (Lipinski definition) is 4. The maximum atomic E-state index is 6.15. The van der Waals surface area contributed by atoms with Crippen LogP contribution in [0.15, 0.2) is 53.6 Å². The molecule has 0 saturated heterocycles. The third-order valence-electron chi connectivity index (χ3n) is 3.27. The maximum Gasteiger partial charge on any atom is 0.216 e. The molecule has 0 aliphatic carbocycles. The van der Waals surface area contributed by atoms with E-state index < -0.39 is 0 Å². The molecule has 0 spiro atoms. The summed E-state index contributed by atoms with van der Waals surface area (Å²) in [6.07, 6.45) is 1.66. The summed E-state index contributed by atoms with van der Waals surface area (Å²) in [6, 6.07) is 15.1. The molecule has 0 saturated carbocycles. The smallest absolute Gasteiger partial charge is 0.216 e. The second kappa shape index (κ2) is 7.42. The zero-order valence-electron chi connectivity index (χ0n) is 12.9. The van der Waals surface area contributed by atoms with Gasteiger partial charge in [-0.1, -0.05) is 41.9 Å². The van der Waals surface area contributed by atoms with Gasteiger partial charge in [-0.2, -0.15) is 14.9 Å². The molecule has 1 N–H and O–H groups in total. The molecule has 0 amide bonds. The fraction of sp³-hybridized carbons (Fsp3) is 0.118. The SMILES string of the molecule is CCOc1cccc(-c2n[nH]c(=S)n2N=Cc2ccccc2Cl)c1. The van der Waals surface area contributed by atoms with Gasteiger partial charge < -0.3 is 4.74 Å². The van der Waals surface area contributed by atoms with Gasteiger partial charge in [-0.25, -0.2) is 5.10 Å². The molecule has 0 radical (unpaired) electrons. The third-order valence-corrected chi connectivity index (χ3v) is 3.88. The van der Waals surface area contributed by atoms with Crippen molar-refractivity contribution in [1.29, 1.82) is 0 Å². The summed E-state index contributed by atoms with van der Waals surface area (Å²) in [4.78, 5) is 0. The minimum Gasteiger partial charge on any atom is -0.494 e. The van der Waals surface area contributed by atoms with E-state index in [1.54, 1.807) is 10.9 Å². The zero-order valence-corrected chi connectivity index (χ0v) is 14.5. The van der Waals surface area contributed by atoms with Gasteiger partial charge >= 0.3 is 0 Å². The van der Waals surface area contributed by atoms with Crippen LogP contribution in [0.1, 0.15) is 12.5 Å². The van der Waals surface area contributed by atoms with E-state index in [0.29, 0.717) is 22.2 Å². The van der Waals surface area contributed by atoms with E-state index >= 15 is 0 Å². The normalized spacial score (nSPS) is 11.1. The second-order valence-electron chi connectivity index (χ2n) is 4.89. The highest BCUT2D eigenvalue weighted by molar-refractivity contribution is 7.71. The van der Waals surface area contributed by atoms with E-state index in [1.165, 1.54) is 0 Å². The third kappa shape index (κ3) is 3.55. The van der Waals surface area contributed by atoms with Crippen molar-refractivity contribution in [1.82, 2.24) is 14.9 Å². The molecular weight excluding hydrogens is 344 g/mol. The minimum atomic E-state index is 0.398. The highest BCUT2D eigenvalue weighted by Crippen LogP contribution is 2.22. The van der Waals surface area contributed by atoms with Crippen LogP contribution < -0.4 is 4.74 Å². The Hall–Kier alpha value is -2.44. The number of aromatic amines is 1. The lowest BCUT2D eigenvalue weighted by atomic mass is 10.2. The van der Waals surface area contributed by atoms with Crippen LogP contribution >= 0.6 is 23.8 Å². The average Bonchev–Trinajstić information content (AvgIpc) is 2.96. The number of hydrogen-bond donors (Lipinski definition) is 1. The second-order valence-corrected chi connectivity index (χ2v) is 5.68. The van der Waals surface area contributed by atoms with Gasteiger partial charge in [0.05, 0.1) is 12.8 Å². The highest BCUT2D eigenvalue weighted by Gasteiger charge is 2.09. The summed E-state index contributed by atoms with van der Waals surface area (Å²) in [6.45, 7) is 2.54. The molecule has 1 heterocycles. The Labute approximate surface area is 149 Å². The number of H-pyrrole nitrogens is 1. The first-order chi connectivity index (χ1) is 11.7. The molecule has 5 nitrogen and oxygen atoms in total. The van der Waals surface area contributed by atoms with Gasteiger partial charge in [0.25, 0.3) is 0 Å². The van der Waals surface area contributed by atoms with E-state index in [2.05, 4.69) is 15.3 Å². The molecule has 0 aliphatic heterocycles. The van der Waals surface area contributed by atoms with Crippen molar-refractivity contribution in [2.75, 3.05) is 6.61 Å². The van der Waals surface area contributed by atoms with E-state index in [9.17, 15) is 0 Å². The number of rotatable bonds is 5. The number of aromatic nitrogens is 3. The first kappa shape index (κ1) is 16.4. The minimum absolute atomic E-state index is 0.398. The van der Waals surface area contributed by atoms with Gasteiger partial charge in [-0.05, 0) is 37.3 Å². The molecule has 0 unspecified atom stereocenters. The Morgan fingerprint density at radius 1 is 1.29 bits per heavy atom. The van der Waals surface area contributed by atoms with Crippen molar-refractivity contribution in [2.24, 2.45) is 5.10 Å². The molecule has 24 heavy (non-hydrogen) atoms. The van der Waals surface area contributed by atoms with E-state index in [4.69, 9.17) is 28.6 Å². The van der Waals surface area contributed by atoms with Gasteiger partial charge in [0.2, 0.25) is 4.77 Å². The quantitative estimate of drug-likeness (QED) is 0.538. The molecule has 0 aliphatic rings. The van der Waals surface area contributed by atoms with Crippen LogP contribution in [-0.2, 0) is 0 Å². The molecule has 2 aromatic carbocycles. The van der Waals surface area contributed by atoms with Crippen LogP contribution in [0, 0.1) is 4.77 Å². The summed E-state index contributed by atoms with van der Waals surface area (Å²) in [5, 5.41) is 12.1. The van der Waals surface area contributed by atoms with Crippen molar-refractivity contribution in [3.8, 4) is 17.1 Å². The summed E-state index contributed by atoms with van der Waals surface area (Å²) >= 11 is 11.4. The van der Waals surface area contributed by atoms with Gasteiger partial charge in [-0.15, -0.1) is 0 Å². The molecule has 7 heteroatoms. The lowest BCUT2D eigenvalue weighted by Crippen LogP contribution is -1.96. The van der Waals surface area contributed by atoms with E-state index in [1.807, 2.05) is 55.5 Å². The van der Waals surface area contributed by atoms with E-state index in [0.717, 1.165) is 16.9 Å². The molecule has 3 rings (SSSR count).